The highest BCUT2D eigenvalue weighted by atomic mass is 35.5. The number of likely N-dealkylation sites (N-methyl/N-ethyl adjacent to an activating group) is 1. The highest BCUT2D eigenvalue weighted by Gasteiger charge is 2.36. The molecule has 1 aliphatic rings. The maximum atomic E-state index is 12.9. The van der Waals surface area contributed by atoms with E-state index < -0.39 is 11.7 Å². The Bertz CT molecular complexity index is 452. The van der Waals surface area contributed by atoms with Gasteiger partial charge in [0.1, 0.15) is 5.56 Å². The van der Waals surface area contributed by atoms with Crippen molar-refractivity contribution in [3.05, 3.63) is 16.8 Å². The molecule has 0 radical (unpaired) electrons. The molecule has 1 aromatic rings. The number of hydrogen-bond donors (Lipinski definition) is 1. The van der Waals surface area contributed by atoms with Crippen molar-refractivity contribution >= 4 is 17.4 Å². The van der Waals surface area contributed by atoms with Crippen molar-refractivity contribution in [3.8, 4) is 0 Å². The molecule has 1 N–H and O–H groups in total. The average Bonchev–Trinajstić information content (AvgIpc) is 2.30. The first-order chi connectivity index (χ1) is 8.86. The SMILES string of the molecule is CN1CCCC(Nc2nnc(Cl)cc2C(F)(F)F)C1. The molecule has 0 aromatic carbocycles. The molecule has 1 unspecified atom stereocenters. The molecule has 1 saturated heterocycles. The van der Waals surface area contributed by atoms with Crippen LogP contribution < -0.4 is 5.32 Å². The van der Waals surface area contributed by atoms with Gasteiger partial charge in [-0.1, -0.05) is 11.6 Å². The van der Waals surface area contributed by atoms with Gasteiger partial charge < -0.3 is 10.2 Å². The van der Waals surface area contributed by atoms with Crippen molar-refractivity contribution in [1.82, 2.24) is 15.1 Å². The molecule has 2 rings (SSSR count). The summed E-state index contributed by atoms with van der Waals surface area (Å²) in [5.41, 5.74) is -0.874. The van der Waals surface area contributed by atoms with Crippen LogP contribution in [-0.2, 0) is 6.18 Å². The van der Waals surface area contributed by atoms with Crippen LogP contribution in [0.2, 0.25) is 5.15 Å². The van der Waals surface area contributed by atoms with E-state index in [4.69, 9.17) is 11.6 Å². The van der Waals surface area contributed by atoms with Crippen molar-refractivity contribution in [2.24, 2.45) is 0 Å². The fourth-order valence-electron chi connectivity index (χ4n) is 2.17. The van der Waals surface area contributed by atoms with Crippen LogP contribution >= 0.6 is 11.6 Å². The molecule has 1 aromatic heterocycles. The van der Waals surface area contributed by atoms with E-state index in [9.17, 15) is 13.2 Å². The minimum Gasteiger partial charge on any atom is -0.364 e. The highest BCUT2D eigenvalue weighted by Crippen LogP contribution is 2.35. The van der Waals surface area contributed by atoms with Crippen LogP contribution in [0.3, 0.4) is 0 Å². The zero-order chi connectivity index (χ0) is 14.0. The van der Waals surface area contributed by atoms with Crippen molar-refractivity contribution in [2.45, 2.75) is 25.1 Å². The summed E-state index contributed by atoms with van der Waals surface area (Å²) in [6.45, 7) is 1.64. The fraction of sp³-hybridized carbons (Fsp3) is 0.636. The second kappa shape index (κ2) is 5.50. The first-order valence-electron chi connectivity index (χ1n) is 5.92. The van der Waals surface area contributed by atoms with E-state index >= 15 is 0 Å². The van der Waals surface area contributed by atoms with Gasteiger partial charge in [0, 0.05) is 12.6 Å². The summed E-state index contributed by atoms with van der Waals surface area (Å²) in [5, 5.41) is 9.56. The molecule has 1 aliphatic heterocycles. The van der Waals surface area contributed by atoms with Gasteiger partial charge in [-0.3, -0.25) is 0 Å². The Morgan fingerprint density at radius 3 is 2.79 bits per heavy atom. The van der Waals surface area contributed by atoms with E-state index in [1.54, 1.807) is 0 Å². The predicted octanol–water partition coefficient (Wildman–Crippen LogP) is 2.65. The minimum atomic E-state index is -4.50. The van der Waals surface area contributed by atoms with Gasteiger partial charge in [0.05, 0.1) is 0 Å². The van der Waals surface area contributed by atoms with E-state index in [2.05, 4.69) is 20.4 Å². The Morgan fingerprint density at radius 1 is 1.42 bits per heavy atom. The number of nitrogens with zero attached hydrogens (tertiary/aromatic N) is 3. The number of piperidine rings is 1. The third kappa shape index (κ3) is 3.70. The largest absolute Gasteiger partial charge is 0.420 e. The molecule has 8 heteroatoms. The van der Waals surface area contributed by atoms with Crippen LogP contribution in [0, 0.1) is 0 Å². The lowest BCUT2D eigenvalue weighted by atomic mass is 10.1. The molecule has 2 heterocycles. The summed E-state index contributed by atoms with van der Waals surface area (Å²) in [6.07, 6.45) is -2.75. The second-order valence-corrected chi connectivity index (χ2v) is 5.06. The van der Waals surface area contributed by atoms with Gasteiger partial charge in [-0.05, 0) is 32.5 Å². The Kier molecular flexibility index (Phi) is 4.15. The molecule has 106 valence electrons. The van der Waals surface area contributed by atoms with Gasteiger partial charge in [0.2, 0.25) is 0 Å². The van der Waals surface area contributed by atoms with Gasteiger partial charge in [-0.25, -0.2) is 0 Å². The first-order valence-corrected chi connectivity index (χ1v) is 6.29. The zero-order valence-corrected chi connectivity index (χ0v) is 11.1. The summed E-state index contributed by atoms with van der Waals surface area (Å²) in [5.74, 6) is -0.253. The van der Waals surface area contributed by atoms with E-state index in [0.29, 0.717) is 6.54 Å². The molecular weight excluding hydrogens is 281 g/mol. The number of halogens is 4. The fourth-order valence-corrected chi connectivity index (χ4v) is 2.32. The van der Waals surface area contributed by atoms with Crippen molar-refractivity contribution < 1.29 is 13.2 Å². The minimum absolute atomic E-state index is 0.0599. The van der Waals surface area contributed by atoms with Gasteiger partial charge in [0.25, 0.3) is 0 Å². The third-order valence-electron chi connectivity index (χ3n) is 3.03. The molecular formula is C11H14ClF3N4. The molecule has 0 aliphatic carbocycles. The Hall–Kier alpha value is -1.08. The molecule has 1 fully saturated rings. The normalized spacial score (nSPS) is 21.4. The average molecular weight is 295 g/mol. The van der Waals surface area contributed by atoms with E-state index in [1.165, 1.54) is 0 Å². The lowest BCUT2D eigenvalue weighted by molar-refractivity contribution is -0.137. The monoisotopic (exact) mass is 294 g/mol. The summed E-state index contributed by atoms with van der Waals surface area (Å²) < 4.78 is 38.6. The van der Waals surface area contributed by atoms with E-state index in [-0.39, 0.29) is 17.0 Å². The van der Waals surface area contributed by atoms with Crippen LogP contribution in [0.25, 0.3) is 0 Å². The number of likely N-dealkylation sites (tertiary alicyclic amines) is 1. The Labute approximate surface area is 113 Å². The number of rotatable bonds is 2. The topological polar surface area (TPSA) is 41.0 Å². The molecule has 1 atom stereocenters. The predicted molar refractivity (Wildman–Crippen MR) is 66.2 cm³/mol. The number of anilines is 1. The first kappa shape index (κ1) is 14.3. The maximum Gasteiger partial charge on any atom is 0.420 e. The van der Waals surface area contributed by atoms with Crippen molar-refractivity contribution in [2.75, 3.05) is 25.5 Å². The third-order valence-corrected chi connectivity index (χ3v) is 3.22. The molecule has 0 spiro atoms. The van der Waals surface area contributed by atoms with Crippen LogP contribution in [0.1, 0.15) is 18.4 Å². The zero-order valence-electron chi connectivity index (χ0n) is 10.3. The summed E-state index contributed by atoms with van der Waals surface area (Å²) in [7, 11) is 1.94. The lowest BCUT2D eigenvalue weighted by Crippen LogP contribution is -2.40. The smallest absolute Gasteiger partial charge is 0.364 e. The van der Waals surface area contributed by atoms with Crippen LogP contribution in [-0.4, -0.2) is 41.3 Å². The Morgan fingerprint density at radius 2 is 2.16 bits per heavy atom. The molecule has 19 heavy (non-hydrogen) atoms. The quantitative estimate of drug-likeness (QED) is 0.910. The molecule has 0 saturated carbocycles. The van der Waals surface area contributed by atoms with Crippen molar-refractivity contribution in [3.63, 3.8) is 0 Å². The summed E-state index contributed by atoms with van der Waals surface area (Å²) >= 11 is 5.48. The van der Waals surface area contributed by atoms with E-state index in [0.717, 1.165) is 25.5 Å². The maximum absolute atomic E-state index is 12.9. The second-order valence-electron chi connectivity index (χ2n) is 4.67. The standard InChI is InChI=1S/C11H14ClF3N4/c1-19-4-2-3-7(6-19)16-10-8(11(13,14)15)5-9(12)17-18-10/h5,7H,2-4,6H2,1H3,(H,16,18). The van der Waals surface area contributed by atoms with Crippen LogP contribution in [0.4, 0.5) is 19.0 Å². The van der Waals surface area contributed by atoms with Crippen LogP contribution in [0.5, 0.6) is 0 Å². The van der Waals surface area contributed by atoms with Gasteiger partial charge in [-0.15, -0.1) is 10.2 Å². The van der Waals surface area contributed by atoms with Gasteiger partial charge in [0.15, 0.2) is 11.0 Å². The molecule has 0 bridgehead atoms. The van der Waals surface area contributed by atoms with Gasteiger partial charge in [-0.2, -0.15) is 13.2 Å². The van der Waals surface area contributed by atoms with Crippen molar-refractivity contribution in [1.29, 1.82) is 0 Å². The van der Waals surface area contributed by atoms with Gasteiger partial charge >= 0.3 is 6.18 Å². The highest BCUT2D eigenvalue weighted by molar-refractivity contribution is 6.29. The number of aromatic nitrogens is 2. The number of hydrogen-bond acceptors (Lipinski definition) is 4. The summed E-state index contributed by atoms with van der Waals surface area (Å²) in [4.78, 5) is 2.07. The number of alkyl halides is 3. The summed E-state index contributed by atoms with van der Waals surface area (Å²) in [6, 6.07) is 0.735. The lowest BCUT2D eigenvalue weighted by Gasteiger charge is -2.30. The van der Waals surface area contributed by atoms with E-state index in [1.807, 2.05) is 7.05 Å². The molecule has 0 amide bonds. The Balaban J connectivity index is 2.20. The molecule has 4 nitrogen and oxygen atoms in total. The van der Waals surface area contributed by atoms with Crippen LogP contribution in [0.15, 0.2) is 6.07 Å². The number of nitrogens with one attached hydrogen (secondary N) is 1.